The highest BCUT2D eigenvalue weighted by molar-refractivity contribution is 5.98. The molecule has 2 saturated carbocycles. The van der Waals surface area contributed by atoms with E-state index in [1.165, 1.54) is 42.3 Å². The minimum absolute atomic E-state index is 0.125. The minimum atomic E-state index is -0.125. The fraction of sp³-hybridized carbons (Fsp3) is 0.433. The standard InChI is InChI=1S/C30H35N3O3/c1-2-26-27-14-13-25(36-24-15-17-35-18-16-24)19-28(27)33(23-7-4-8-23)29(26)20-9-11-22(12-10-20)32-30(34)31-21-5-3-6-21/h2,9-14,19,21,23-24H,1,3-8,15-18H2,(H2,31,32,34). The van der Waals surface area contributed by atoms with Gasteiger partial charge in [0.15, 0.2) is 0 Å². The smallest absolute Gasteiger partial charge is 0.319 e. The van der Waals surface area contributed by atoms with Crippen LogP contribution in [0.25, 0.3) is 28.2 Å². The number of fused-ring (bicyclic) bond motifs is 1. The third-order valence-electron chi connectivity index (χ3n) is 7.99. The number of amides is 2. The van der Waals surface area contributed by atoms with Crippen molar-refractivity contribution in [2.24, 2.45) is 0 Å². The van der Waals surface area contributed by atoms with Crippen LogP contribution in [0.2, 0.25) is 0 Å². The largest absolute Gasteiger partial charge is 0.490 e. The maximum absolute atomic E-state index is 12.3. The highest BCUT2D eigenvalue weighted by Crippen LogP contribution is 2.44. The van der Waals surface area contributed by atoms with Crippen molar-refractivity contribution in [1.29, 1.82) is 0 Å². The molecule has 0 spiro atoms. The topological polar surface area (TPSA) is 64.5 Å². The van der Waals surface area contributed by atoms with E-state index in [1.807, 2.05) is 18.2 Å². The molecule has 2 N–H and O–H groups in total. The molecule has 6 heteroatoms. The van der Waals surface area contributed by atoms with Crippen molar-refractivity contribution < 1.29 is 14.3 Å². The zero-order valence-electron chi connectivity index (χ0n) is 20.8. The van der Waals surface area contributed by atoms with Gasteiger partial charge in [-0.3, -0.25) is 0 Å². The summed E-state index contributed by atoms with van der Waals surface area (Å²) in [6.45, 7) is 5.71. The van der Waals surface area contributed by atoms with Gasteiger partial charge >= 0.3 is 6.03 Å². The number of nitrogens with one attached hydrogen (secondary N) is 2. The van der Waals surface area contributed by atoms with E-state index in [-0.39, 0.29) is 12.1 Å². The third kappa shape index (κ3) is 4.50. The molecule has 3 aliphatic rings. The first-order valence-electron chi connectivity index (χ1n) is 13.4. The molecule has 2 aliphatic carbocycles. The molecular formula is C30H35N3O3. The molecule has 0 bridgehead atoms. The number of carbonyl (C=O) groups excluding carboxylic acids is 1. The first-order chi connectivity index (χ1) is 17.7. The molecule has 188 valence electrons. The number of urea groups is 1. The van der Waals surface area contributed by atoms with Crippen molar-refractivity contribution in [1.82, 2.24) is 9.88 Å². The minimum Gasteiger partial charge on any atom is -0.490 e. The third-order valence-corrected chi connectivity index (χ3v) is 7.99. The van der Waals surface area contributed by atoms with E-state index < -0.39 is 0 Å². The Labute approximate surface area is 212 Å². The second-order valence-corrected chi connectivity index (χ2v) is 10.3. The van der Waals surface area contributed by atoms with Crippen LogP contribution in [0.1, 0.15) is 63.0 Å². The van der Waals surface area contributed by atoms with Gasteiger partial charge in [0.1, 0.15) is 11.9 Å². The lowest BCUT2D eigenvalue weighted by molar-refractivity contribution is 0.0256. The Kier molecular flexibility index (Phi) is 6.45. The maximum Gasteiger partial charge on any atom is 0.319 e. The average Bonchev–Trinajstić information content (AvgIpc) is 3.15. The lowest BCUT2D eigenvalue weighted by Crippen LogP contribution is -2.41. The molecule has 1 aliphatic heterocycles. The summed E-state index contributed by atoms with van der Waals surface area (Å²) in [7, 11) is 0. The maximum atomic E-state index is 12.3. The van der Waals surface area contributed by atoms with E-state index in [9.17, 15) is 4.79 Å². The molecule has 1 saturated heterocycles. The molecular weight excluding hydrogens is 450 g/mol. The van der Waals surface area contributed by atoms with Crippen LogP contribution in [-0.4, -0.2) is 36.0 Å². The molecule has 6 nitrogen and oxygen atoms in total. The van der Waals surface area contributed by atoms with E-state index in [4.69, 9.17) is 9.47 Å². The molecule has 2 aromatic carbocycles. The number of benzene rings is 2. The van der Waals surface area contributed by atoms with Crippen molar-refractivity contribution in [2.45, 2.75) is 69.6 Å². The molecule has 6 rings (SSSR count). The number of nitrogens with zero attached hydrogens (tertiary/aromatic N) is 1. The van der Waals surface area contributed by atoms with Gasteiger partial charge in [0.25, 0.3) is 0 Å². The van der Waals surface area contributed by atoms with Gasteiger partial charge in [-0.2, -0.15) is 0 Å². The second kappa shape index (κ2) is 10.0. The van der Waals surface area contributed by atoms with E-state index in [0.29, 0.717) is 12.1 Å². The highest BCUT2D eigenvalue weighted by atomic mass is 16.5. The van der Waals surface area contributed by atoms with Crippen molar-refractivity contribution in [3.05, 3.63) is 54.6 Å². The normalized spacial score (nSPS) is 18.9. The molecule has 0 radical (unpaired) electrons. The Morgan fingerprint density at radius 3 is 2.39 bits per heavy atom. The lowest BCUT2D eigenvalue weighted by Gasteiger charge is -2.30. The molecule has 2 heterocycles. The zero-order valence-corrected chi connectivity index (χ0v) is 20.8. The summed E-state index contributed by atoms with van der Waals surface area (Å²) >= 11 is 0. The first kappa shape index (κ1) is 23.2. The van der Waals surface area contributed by atoms with Gasteiger partial charge < -0.3 is 24.7 Å². The van der Waals surface area contributed by atoms with Gasteiger partial charge in [-0.15, -0.1) is 0 Å². The second-order valence-electron chi connectivity index (χ2n) is 10.3. The summed E-state index contributed by atoms with van der Waals surface area (Å²) in [6.07, 6.45) is 11.0. The zero-order chi connectivity index (χ0) is 24.5. The van der Waals surface area contributed by atoms with E-state index in [0.717, 1.165) is 61.5 Å². The average molecular weight is 486 g/mol. The molecule has 2 amide bonds. The van der Waals surface area contributed by atoms with Gasteiger partial charge in [-0.05, 0) is 68.4 Å². The number of rotatable bonds is 7. The Balaban J connectivity index is 1.32. The first-order valence-corrected chi connectivity index (χ1v) is 13.4. The van der Waals surface area contributed by atoms with Gasteiger partial charge in [0.2, 0.25) is 0 Å². The van der Waals surface area contributed by atoms with E-state index in [1.54, 1.807) is 0 Å². The van der Waals surface area contributed by atoms with Crippen molar-refractivity contribution in [2.75, 3.05) is 18.5 Å². The lowest BCUT2D eigenvalue weighted by atomic mass is 9.92. The van der Waals surface area contributed by atoms with Gasteiger partial charge in [0.05, 0.1) is 24.4 Å². The molecule has 3 aromatic rings. The Morgan fingerprint density at radius 2 is 1.75 bits per heavy atom. The summed E-state index contributed by atoms with van der Waals surface area (Å²) in [5.41, 5.74) is 5.48. The van der Waals surface area contributed by atoms with Crippen molar-refractivity contribution >= 4 is 28.7 Å². The van der Waals surface area contributed by atoms with Crippen LogP contribution in [-0.2, 0) is 4.74 Å². The summed E-state index contributed by atoms with van der Waals surface area (Å²) < 4.78 is 14.4. The quantitative estimate of drug-likeness (QED) is 0.382. The van der Waals surface area contributed by atoms with Gasteiger partial charge in [-0.1, -0.05) is 24.8 Å². The van der Waals surface area contributed by atoms with Crippen molar-refractivity contribution in [3.8, 4) is 17.0 Å². The van der Waals surface area contributed by atoms with E-state index in [2.05, 4.69) is 52.1 Å². The number of anilines is 1. The predicted molar refractivity (Wildman–Crippen MR) is 145 cm³/mol. The number of hydrogen-bond acceptors (Lipinski definition) is 3. The van der Waals surface area contributed by atoms with Gasteiger partial charge in [0, 0.05) is 47.6 Å². The van der Waals surface area contributed by atoms with Crippen molar-refractivity contribution in [3.63, 3.8) is 0 Å². The number of carbonyl (C=O) groups is 1. The molecule has 0 atom stereocenters. The summed E-state index contributed by atoms with van der Waals surface area (Å²) in [4.78, 5) is 12.3. The summed E-state index contributed by atoms with van der Waals surface area (Å²) in [6, 6.07) is 15.3. The Hall–Kier alpha value is -3.25. The van der Waals surface area contributed by atoms with Crippen LogP contribution >= 0.6 is 0 Å². The summed E-state index contributed by atoms with van der Waals surface area (Å²) in [5, 5.41) is 7.22. The Bertz CT molecular complexity index is 1250. The van der Waals surface area contributed by atoms with E-state index >= 15 is 0 Å². The van der Waals surface area contributed by atoms with Crippen LogP contribution in [0.5, 0.6) is 5.75 Å². The van der Waals surface area contributed by atoms with Crippen LogP contribution in [0.3, 0.4) is 0 Å². The van der Waals surface area contributed by atoms with Crippen LogP contribution in [0.15, 0.2) is 49.0 Å². The fourth-order valence-corrected chi connectivity index (χ4v) is 5.52. The Morgan fingerprint density at radius 1 is 1.00 bits per heavy atom. The SMILES string of the molecule is C=Cc1c(-c2ccc(NC(=O)NC3CCC3)cc2)n(C2CCC2)c2cc(OC3CCOCC3)ccc12. The molecule has 0 unspecified atom stereocenters. The number of aromatic nitrogens is 1. The molecule has 36 heavy (non-hydrogen) atoms. The highest BCUT2D eigenvalue weighted by Gasteiger charge is 2.27. The summed E-state index contributed by atoms with van der Waals surface area (Å²) in [5.74, 6) is 0.923. The van der Waals surface area contributed by atoms with Gasteiger partial charge in [-0.25, -0.2) is 4.79 Å². The number of ether oxygens (including phenoxy) is 2. The van der Waals surface area contributed by atoms with Crippen LogP contribution in [0.4, 0.5) is 10.5 Å². The van der Waals surface area contributed by atoms with Crippen LogP contribution in [0, 0.1) is 0 Å². The number of hydrogen-bond donors (Lipinski definition) is 2. The molecule has 1 aromatic heterocycles. The monoisotopic (exact) mass is 485 g/mol. The fourth-order valence-electron chi connectivity index (χ4n) is 5.52. The predicted octanol–water partition coefficient (Wildman–Crippen LogP) is 6.91. The molecule has 3 fully saturated rings. The van der Waals surface area contributed by atoms with Crippen LogP contribution < -0.4 is 15.4 Å².